The van der Waals surface area contributed by atoms with E-state index in [4.69, 9.17) is 4.74 Å². The van der Waals surface area contributed by atoms with Crippen molar-refractivity contribution in [3.63, 3.8) is 0 Å². The number of rotatable bonds is 7. The van der Waals surface area contributed by atoms with Gasteiger partial charge in [0.25, 0.3) is 0 Å². The van der Waals surface area contributed by atoms with Crippen molar-refractivity contribution >= 4 is 17.8 Å². The molecule has 0 saturated heterocycles. The predicted octanol–water partition coefficient (Wildman–Crippen LogP) is 3.51. The van der Waals surface area contributed by atoms with Crippen LogP contribution in [0.2, 0.25) is 0 Å². The summed E-state index contributed by atoms with van der Waals surface area (Å²) >= 11 is 0. The molecule has 0 bridgehead atoms. The molecule has 1 atom stereocenters. The Bertz CT molecular complexity index is 604. The second kappa shape index (κ2) is 8.47. The predicted molar refractivity (Wildman–Crippen MR) is 90.4 cm³/mol. The van der Waals surface area contributed by atoms with E-state index in [1.54, 1.807) is 32.9 Å². The maximum absolute atomic E-state index is 12.6. The van der Waals surface area contributed by atoms with Gasteiger partial charge in [-0.3, -0.25) is 4.79 Å². The summed E-state index contributed by atoms with van der Waals surface area (Å²) < 4.78 is 5.14. The molecule has 1 amide bonds. The van der Waals surface area contributed by atoms with E-state index in [2.05, 4.69) is 5.32 Å². The Morgan fingerprint density at radius 3 is 2.25 bits per heavy atom. The third-order valence-electron chi connectivity index (χ3n) is 3.45. The Labute approximate surface area is 142 Å². The third-order valence-corrected chi connectivity index (χ3v) is 3.45. The molecule has 0 aliphatic carbocycles. The van der Waals surface area contributed by atoms with E-state index in [-0.39, 0.29) is 29.4 Å². The van der Waals surface area contributed by atoms with Gasteiger partial charge in [-0.2, -0.15) is 0 Å². The zero-order chi connectivity index (χ0) is 18.3. The molecule has 0 aliphatic rings. The fourth-order valence-electron chi connectivity index (χ4n) is 2.29. The summed E-state index contributed by atoms with van der Waals surface area (Å²) in [6, 6.07) is 6.17. The standard InChI is InChI=1S/C18H25NO5/c1-5-12(10-11-19-17(23)24-18(2,3)4)15(20)13-8-6-7-9-14(13)16(21)22/h6-9,12H,5,10-11H2,1-4H3,(H,19,23)(H,21,22). The van der Waals surface area contributed by atoms with Gasteiger partial charge in [-0.25, -0.2) is 9.59 Å². The van der Waals surface area contributed by atoms with E-state index in [1.807, 2.05) is 6.92 Å². The van der Waals surface area contributed by atoms with Crippen LogP contribution in [0.5, 0.6) is 0 Å². The minimum Gasteiger partial charge on any atom is -0.478 e. The number of carboxylic acids is 1. The van der Waals surface area contributed by atoms with Crippen molar-refractivity contribution < 1.29 is 24.2 Å². The second-order valence-electron chi connectivity index (χ2n) is 6.54. The molecule has 0 spiro atoms. The van der Waals surface area contributed by atoms with Crippen molar-refractivity contribution in [3.05, 3.63) is 35.4 Å². The Hall–Kier alpha value is -2.37. The van der Waals surface area contributed by atoms with Crippen LogP contribution in [0.3, 0.4) is 0 Å². The average molecular weight is 335 g/mol. The summed E-state index contributed by atoms with van der Waals surface area (Å²) in [5.41, 5.74) is -0.375. The molecule has 0 aromatic heterocycles. The number of alkyl carbamates (subject to hydrolysis) is 1. The van der Waals surface area contributed by atoms with Crippen molar-refractivity contribution in [1.82, 2.24) is 5.32 Å². The number of carboxylic acid groups (broad SMARTS) is 1. The van der Waals surface area contributed by atoms with Gasteiger partial charge in [-0.15, -0.1) is 0 Å². The number of ketones is 1. The topological polar surface area (TPSA) is 92.7 Å². The van der Waals surface area contributed by atoms with Crippen LogP contribution in [-0.2, 0) is 4.74 Å². The van der Waals surface area contributed by atoms with Gasteiger partial charge < -0.3 is 15.2 Å². The lowest BCUT2D eigenvalue weighted by molar-refractivity contribution is 0.0522. The highest BCUT2D eigenvalue weighted by Crippen LogP contribution is 2.19. The minimum absolute atomic E-state index is 0.000974. The molecule has 6 nitrogen and oxygen atoms in total. The van der Waals surface area contributed by atoms with Gasteiger partial charge in [0.15, 0.2) is 5.78 Å². The number of ether oxygens (including phenoxy) is 1. The van der Waals surface area contributed by atoms with E-state index < -0.39 is 17.7 Å². The first-order valence-corrected chi connectivity index (χ1v) is 7.99. The number of carbonyl (C=O) groups is 3. The molecular formula is C18H25NO5. The smallest absolute Gasteiger partial charge is 0.407 e. The van der Waals surface area contributed by atoms with E-state index in [1.165, 1.54) is 12.1 Å². The van der Waals surface area contributed by atoms with E-state index in [0.717, 1.165) is 0 Å². The average Bonchev–Trinajstić information content (AvgIpc) is 2.49. The van der Waals surface area contributed by atoms with Crippen molar-refractivity contribution in [2.24, 2.45) is 5.92 Å². The number of hydrogen-bond acceptors (Lipinski definition) is 4. The number of amides is 1. The fraction of sp³-hybridized carbons (Fsp3) is 0.500. The van der Waals surface area contributed by atoms with Crippen LogP contribution < -0.4 is 5.32 Å². The third kappa shape index (κ3) is 6.02. The van der Waals surface area contributed by atoms with E-state index in [0.29, 0.717) is 12.8 Å². The molecule has 0 fully saturated rings. The van der Waals surface area contributed by atoms with Gasteiger partial charge in [0.05, 0.1) is 5.56 Å². The highest BCUT2D eigenvalue weighted by Gasteiger charge is 2.23. The van der Waals surface area contributed by atoms with Crippen molar-refractivity contribution in [3.8, 4) is 0 Å². The van der Waals surface area contributed by atoms with Crippen molar-refractivity contribution in [1.29, 1.82) is 0 Å². The van der Waals surface area contributed by atoms with Crippen LogP contribution in [0.25, 0.3) is 0 Å². The van der Waals surface area contributed by atoms with Gasteiger partial charge >= 0.3 is 12.1 Å². The van der Waals surface area contributed by atoms with Crippen LogP contribution in [0, 0.1) is 5.92 Å². The number of carbonyl (C=O) groups excluding carboxylic acids is 2. The SMILES string of the molecule is CCC(CCNC(=O)OC(C)(C)C)C(=O)c1ccccc1C(=O)O. The summed E-state index contributed by atoms with van der Waals surface area (Å²) in [6.45, 7) is 7.46. The van der Waals surface area contributed by atoms with Crippen LogP contribution in [0.4, 0.5) is 4.79 Å². The van der Waals surface area contributed by atoms with Crippen molar-refractivity contribution in [2.75, 3.05) is 6.54 Å². The normalized spacial score (nSPS) is 12.3. The summed E-state index contributed by atoms with van der Waals surface area (Å²) in [6.07, 6.45) is 0.446. The summed E-state index contributed by atoms with van der Waals surface area (Å²) in [5, 5.41) is 11.8. The quantitative estimate of drug-likeness (QED) is 0.744. The van der Waals surface area contributed by atoms with Gasteiger partial charge in [-0.1, -0.05) is 25.1 Å². The Morgan fingerprint density at radius 2 is 1.75 bits per heavy atom. The van der Waals surface area contributed by atoms with E-state index >= 15 is 0 Å². The van der Waals surface area contributed by atoms with Gasteiger partial charge in [0.1, 0.15) is 5.60 Å². The maximum atomic E-state index is 12.6. The van der Waals surface area contributed by atoms with Crippen molar-refractivity contribution in [2.45, 2.75) is 46.1 Å². The minimum atomic E-state index is -1.12. The molecule has 1 aromatic carbocycles. The molecule has 6 heteroatoms. The number of aromatic carboxylic acids is 1. The monoisotopic (exact) mass is 335 g/mol. The molecular weight excluding hydrogens is 310 g/mol. The zero-order valence-electron chi connectivity index (χ0n) is 14.6. The van der Waals surface area contributed by atoms with Gasteiger partial charge in [-0.05, 0) is 39.7 Å². The first kappa shape index (κ1) is 19.7. The van der Waals surface area contributed by atoms with Gasteiger partial charge in [0.2, 0.25) is 0 Å². The zero-order valence-corrected chi connectivity index (χ0v) is 14.6. The van der Waals surface area contributed by atoms with Crippen LogP contribution in [-0.4, -0.2) is 35.1 Å². The Kier molecular flexibility index (Phi) is 6.95. The second-order valence-corrected chi connectivity index (χ2v) is 6.54. The number of benzene rings is 1. The summed E-state index contributed by atoms with van der Waals surface area (Å²) in [7, 11) is 0. The highest BCUT2D eigenvalue weighted by molar-refractivity contribution is 6.06. The highest BCUT2D eigenvalue weighted by atomic mass is 16.6. The van der Waals surface area contributed by atoms with E-state index in [9.17, 15) is 19.5 Å². The Balaban J connectivity index is 2.69. The van der Waals surface area contributed by atoms with Gasteiger partial charge in [0, 0.05) is 18.0 Å². The number of hydrogen-bond donors (Lipinski definition) is 2. The number of nitrogens with one attached hydrogen (secondary N) is 1. The van der Waals surface area contributed by atoms with Crippen LogP contribution in [0.15, 0.2) is 24.3 Å². The first-order chi connectivity index (χ1) is 11.2. The summed E-state index contributed by atoms with van der Waals surface area (Å²) in [4.78, 5) is 35.5. The molecule has 1 rings (SSSR count). The molecule has 0 heterocycles. The maximum Gasteiger partial charge on any atom is 0.407 e. The van der Waals surface area contributed by atoms with Crippen LogP contribution >= 0.6 is 0 Å². The number of Topliss-reactive ketones (excluding diaryl/α,β-unsaturated/α-hetero) is 1. The fourth-order valence-corrected chi connectivity index (χ4v) is 2.29. The molecule has 0 aliphatic heterocycles. The molecule has 24 heavy (non-hydrogen) atoms. The molecule has 0 saturated carbocycles. The summed E-state index contributed by atoms with van der Waals surface area (Å²) in [5.74, 6) is -1.71. The largest absolute Gasteiger partial charge is 0.478 e. The van der Waals surface area contributed by atoms with Crippen LogP contribution in [0.1, 0.15) is 61.3 Å². The molecule has 2 N–H and O–H groups in total. The lowest BCUT2D eigenvalue weighted by Gasteiger charge is -2.20. The lowest BCUT2D eigenvalue weighted by Crippen LogP contribution is -2.34. The molecule has 0 radical (unpaired) electrons. The molecule has 132 valence electrons. The lowest BCUT2D eigenvalue weighted by atomic mass is 9.90. The first-order valence-electron chi connectivity index (χ1n) is 7.99. The molecule has 1 aromatic rings. The molecule has 1 unspecified atom stereocenters. The Morgan fingerprint density at radius 1 is 1.17 bits per heavy atom.